The lowest BCUT2D eigenvalue weighted by Gasteiger charge is -2.12. The van der Waals surface area contributed by atoms with E-state index < -0.39 is 0 Å². The lowest BCUT2D eigenvalue weighted by atomic mass is 10.2. The smallest absolute Gasteiger partial charge is 0.261 e. The normalized spacial score (nSPS) is 11.1. The summed E-state index contributed by atoms with van der Waals surface area (Å²) in [4.78, 5) is 16.8. The van der Waals surface area contributed by atoms with E-state index in [4.69, 9.17) is 9.47 Å². The quantitative estimate of drug-likeness (QED) is 0.691. The summed E-state index contributed by atoms with van der Waals surface area (Å²) in [5.74, 6) is 1.32. The second kappa shape index (κ2) is 7.66. The molecular weight excluding hydrogens is 316 g/mol. The zero-order valence-corrected chi connectivity index (χ0v) is 14.3. The molecule has 1 aromatic heterocycles. The average molecular weight is 336 g/mol. The van der Waals surface area contributed by atoms with Gasteiger partial charge >= 0.3 is 0 Å². The van der Waals surface area contributed by atoms with Gasteiger partial charge in [0, 0.05) is 0 Å². The summed E-state index contributed by atoms with van der Waals surface area (Å²) in [6, 6.07) is 13.1. The van der Waals surface area contributed by atoms with E-state index in [9.17, 15) is 4.79 Å². The maximum absolute atomic E-state index is 12.4. The van der Waals surface area contributed by atoms with Crippen molar-refractivity contribution in [3.63, 3.8) is 0 Å². The molecule has 0 saturated heterocycles. The molecule has 0 radical (unpaired) electrons. The fourth-order valence-electron chi connectivity index (χ4n) is 2.62. The number of benzene rings is 2. The summed E-state index contributed by atoms with van der Waals surface area (Å²) >= 11 is 0. The lowest BCUT2D eigenvalue weighted by molar-refractivity contribution is 0.278. The van der Waals surface area contributed by atoms with Crippen LogP contribution in [0.2, 0.25) is 0 Å². The molecule has 0 aliphatic carbocycles. The number of para-hydroxylation sites is 1. The van der Waals surface area contributed by atoms with Gasteiger partial charge < -0.3 is 9.47 Å². The van der Waals surface area contributed by atoms with Crippen LogP contribution in [0.4, 0.5) is 0 Å². The molecule has 0 N–H and O–H groups in total. The van der Waals surface area contributed by atoms with Crippen molar-refractivity contribution in [1.82, 2.24) is 9.55 Å². The molecule has 0 bridgehead atoms. The van der Waals surface area contributed by atoms with Gasteiger partial charge in [-0.25, -0.2) is 4.98 Å². The van der Waals surface area contributed by atoms with Gasteiger partial charge in [-0.2, -0.15) is 0 Å². The molecule has 5 nitrogen and oxygen atoms in total. The molecule has 3 aromatic rings. The molecule has 0 amide bonds. The van der Waals surface area contributed by atoms with Crippen LogP contribution in [0.1, 0.15) is 12.5 Å². The molecule has 0 aliphatic rings. The summed E-state index contributed by atoms with van der Waals surface area (Å²) in [5.41, 5.74) is 1.68. The molecule has 1 heterocycles. The van der Waals surface area contributed by atoms with Crippen molar-refractivity contribution >= 4 is 17.0 Å². The minimum absolute atomic E-state index is 0.0652. The van der Waals surface area contributed by atoms with Gasteiger partial charge in [0.25, 0.3) is 5.56 Å². The first kappa shape index (κ1) is 16.8. The largest absolute Gasteiger partial charge is 0.493 e. The maximum atomic E-state index is 12.4. The van der Waals surface area contributed by atoms with Crippen LogP contribution >= 0.6 is 0 Å². The summed E-state index contributed by atoms with van der Waals surface area (Å²) in [7, 11) is 1.61. The van der Waals surface area contributed by atoms with E-state index >= 15 is 0 Å². The molecule has 2 aromatic carbocycles. The number of allylic oxidation sites excluding steroid dienone is 1. The Balaban J connectivity index is 1.73. The van der Waals surface area contributed by atoms with Gasteiger partial charge in [-0.3, -0.25) is 9.36 Å². The highest BCUT2D eigenvalue weighted by Crippen LogP contribution is 2.28. The molecule has 0 aliphatic heterocycles. The van der Waals surface area contributed by atoms with Crippen LogP contribution in [-0.2, 0) is 6.54 Å². The molecule has 25 heavy (non-hydrogen) atoms. The first-order chi connectivity index (χ1) is 12.2. The van der Waals surface area contributed by atoms with Crippen LogP contribution in [-0.4, -0.2) is 23.3 Å². The Morgan fingerprint density at radius 3 is 2.80 bits per heavy atom. The molecule has 0 unspecified atom stereocenters. The minimum Gasteiger partial charge on any atom is -0.493 e. The van der Waals surface area contributed by atoms with Crippen LogP contribution in [0.25, 0.3) is 17.0 Å². The van der Waals surface area contributed by atoms with Crippen LogP contribution in [0.3, 0.4) is 0 Å². The third-order valence-electron chi connectivity index (χ3n) is 3.87. The van der Waals surface area contributed by atoms with E-state index in [2.05, 4.69) is 4.98 Å². The van der Waals surface area contributed by atoms with Gasteiger partial charge in [-0.15, -0.1) is 0 Å². The number of aromatic nitrogens is 2. The van der Waals surface area contributed by atoms with Crippen molar-refractivity contribution in [1.29, 1.82) is 0 Å². The van der Waals surface area contributed by atoms with Crippen LogP contribution in [0, 0.1) is 0 Å². The molecule has 0 saturated carbocycles. The molecule has 128 valence electrons. The standard InChI is InChI=1S/C20H20N2O3/c1-3-6-15-9-10-18(19(13-15)24-2)25-12-11-22-14-21-17-8-5-4-7-16(17)20(22)23/h3-10,13-14H,11-12H2,1-2H3. The Bertz CT molecular complexity index is 961. The third kappa shape index (κ3) is 3.71. The summed E-state index contributed by atoms with van der Waals surface area (Å²) in [6.07, 6.45) is 5.52. The van der Waals surface area contributed by atoms with E-state index in [1.807, 2.05) is 55.5 Å². The van der Waals surface area contributed by atoms with E-state index in [1.165, 1.54) is 0 Å². The van der Waals surface area contributed by atoms with E-state index in [0.717, 1.165) is 5.56 Å². The molecule has 0 fully saturated rings. The van der Waals surface area contributed by atoms with Gasteiger partial charge in [0.1, 0.15) is 6.61 Å². The van der Waals surface area contributed by atoms with Gasteiger partial charge in [-0.05, 0) is 36.8 Å². The second-order valence-electron chi connectivity index (χ2n) is 5.52. The van der Waals surface area contributed by atoms with E-state index in [1.54, 1.807) is 24.1 Å². The van der Waals surface area contributed by atoms with E-state index in [-0.39, 0.29) is 5.56 Å². The van der Waals surface area contributed by atoms with Crippen LogP contribution in [0.5, 0.6) is 11.5 Å². The zero-order chi connectivity index (χ0) is 17.6. The summed E-state index contributed by atoms with van der Waals surface area (Å²) in [6.45, 7) is 2.72. The first-order valence-electron chi connectivity index (χ1n) is 8.10. The highest BCUT2D eigenvalue weighted by Gasteiger charge is 2.07. The van der Waals surface area contributed by atoms with Gasteiger partial charge in [0.15, 0.2) is 11.5 Å². The Labute approximate surface area is 146 Å². The van der Waals surface area contributed by atoms with Gasteiger partial charge in [0.2, 0.25) is 0 Å². The van der Waals surface area contributed by atoms with Crippen molar-refractivity contribution in [2.75, 3.05) is 13.7 Å². The van der Waals surface area contributed by atoms with E-state index in [0.29, 0.717) is 35.6 Å². The third-order valence-corrected chi connectivity index (χ3v) is 3.87. The van der Waals surface area contributed by atoms with Crippen molar-refractivity contribution < 1.29 is 9.47 Å². The topological polar surface area (TPSA) is 53.4 Å². The Morgan fingerprint density at radius 1 is 1.16 bits per heavy atom. The van der Waals surface area contributed by atoms with Gasteiger partial charge in [-0.1, -0.05) is 30.4 Å². The number of methoxy groups -OCH3 is 1. The SMILES string of the molecule is CC=Cc1ccc(OCCn2cnc3ccccc3c2=O)c(OC)c1. The van der Waals surface area contributed by atoms with Crippen molar-refractivity contribution in [3.05, 3.63) is 70.8 Å². The van der Waals surface area contributed by atoms with Crippen LogP contribution < -0.4 is 15.0 Å². The monoisotopic (exact) mass is 336 g/mol. The highest BCUT2D eigenvalue weighted by atomic mass is 16.5. The number of fused-ring (bicyclic) bond motifs is 1. The lowest BCUT2D eigenvalue weighted by Crippen LogP contribution is -2.23. The number of ether oxygens (including phenoxy) is 2. The minimum atomic E-state index is -0.0652. The average Bonchev–Trinajstić information content (AvgIpc) is 2.65. The Kier molecular flexibility index (Phi) is 5.14. The highest BCUT2D eigenvalue weighted by molar-refractivity contribution is 5.76. The number of nitrogens with zero attached hydrogens (tertiary/aromatic N) is 2. The second-order valence-corrected chi connectivity index (χ2v) is 5.52. The Morgan fingerprint density at radius 2 is 2.00 bits per heavy atom. The predicted molar refractivity (Wildman–Crippen MR) is 99.2 cm³/mol. The van der Waals surface area contributed by atoms with Crippen LogP contribution in [0.15, 0.2) is 59.7 Å². The summed E-state index contributed by atoms with van der Waals surface area (Å²) in [5, 5.41) is 0.610. The van der Waals surface area contributed by atoms with Gasteiger partial charge in [0.05, 0.1) is 30.9 Å². The molecule has 3 rings (SSSR count). The zero-order valence-electron chi connectivity index (χ0n) is 14.3. The first-order valence-corrected chi connectivity index (χ1v) is 8.10. The molecule has 0 atom stereocenters. The van der Waals surface area contributed by atoms with Crippen molar-refractivity contribution in [2.24, 2.45) is 0 Å². The summed E-state index contributed by atoms with van der Waals surface area (Å²) < 4.78 is 12.7. The fraction of sp³-hybridized carbons (Fsp3) is 0.200. The molecular formula is C20H20N2O3. The fourth-order valence-corrected chi connectivity index (χ4v) is 2.62. The van der Waals surface area contributed by atoms with Crippen molar-refractivity contribution in [3.8, 4) is 11.5 Å². The molecule has 5 heteroatoms. The number of hydrogen-bond donors (Lipinski definition) is 0. The maximum Gasteiger partial charge on any atom is 0.261 e. The molecule has 0 spiro atoms. The number of hydrogen-bond acceptors (Lipinski definition) is 4. The predicted octanol–water partition coefficient (Wildman–Crippen LogP) is 3.52. The number of rotatable bonds is 6. The van der Waals surface area contributed by atoms with Crippen molar-refractivity contribution in [2.45, 2.75) is 13.5 Å². The Hall–Kier alpha value is -3.08.